The van der Waals surface area contributed by atoms with Gasteiger partial charge < -0.3 is 4.74 Å². The molecule has 26 heavy (non-hydrogen) atoms. The maximum Gasteiger partial charge on any atom is 0.337 e. The van der Waals surface area contributed by atoms with E-state index in [2.05, 4.69) is 0 Å². The number of nitrogens with zero attached hydrogens (tertiary/aromatic N) is 1. The molecule has 1 N–H and O–H groups in total. The first-order valence-corrected chi connectivity index (χ1v) is 8.72. The molecule has 5 heteroatoms. The van der Waals surface area contributed by atoms with Crippen molar-refractivity contribution in [1.29, 1.82) is 0 Å². The van der Waals surface area contributed by atoms with E-state index in [1.807, 2.05) is 49.4 Å². The van der Waals surface area contributed by atoms with Crippen LogP contribution in [-0.2, 0) is 9.53 Å². The summed E-state index contributed by atoms with van der Waals surface area (Å²) in [6, 6.07) is 16.0. The van der Waals surface area contributed by atoms with Crippen molar-refractivity contribution < 1.29 is 19.5 Å². The van der Waals surface area contributed by atoms with E-state index in [4.69, 9.17) is 4.74 Å². The maximum atomic E-state index is 12.5. The summed E-state index contributed by atoms with van der Waals surface area (Å²) >= 11 is 0. The number of rotatable bonds is 7. The monoisotopic (exact) mass is 355 g/mol. The predicted molar refractivity (Wildman–Crippen MR) is 98.9 cm³/mol. The van der Waals surface area contributed by atoms with Crippen LogP contribution < -0.4 is 0 Å². The van der Waals surface area contributed by atoms with E-state index >= 15 is 0 Å². The first-order chi connectivity index (χ1) is 12.5. The summed E-state index contributed by atoms with van der Waals surface area (Å²) in [5.41, 5.74) is 2.30. The summed E-state index contributed by atoms with van der Waals surface area (Å²) in [6.45, 7) is 3.79. The highest BCUT2D eigenvalue weighted by molar-refractivity contribution is 5.89. The van der Waals surface area contributed by atoms with E-state index in [9.17, 15) is 14.8 Å². The summed E-state index contributed by atoms with van der Waals surface area (Å²) in [6.07, 6.45) is 0.943. The number of amides is 1. The molecule has 0 heterocycles. The molecule has 2 atom stereocenters. The summed E-state index contributed by atoms with van der Waals surface area (Å²) in [7, 11) is 1.34. The molecule has 0 radical (unpaired) electrons. The molecule has 2 aromatic rings. The number of carbonyl (C=O) groups excluding carboxylic acids is 2. The highest BCUT2D eigenvalue weighted by atomic mass is 16.5. The number of carbonyl (C=O) groups is 2. The second kappa shape index (κ2) is 9.15. The summed E-state index contributed by atoms with van der Waals surface area (Å²) in [5, 5.41) is 11.1. The van der Waals surface area contributed by atoms with E-state index in [1.54, 1.807) is 19.1 Å². The zero-order chi connectivity index (χ0) is 19.1. The zero-order valence-corrected chi connectivity index (χ0v) is 15.4. The van der Waals surface area contributed by atoms with Gasteiger partial charge in [0.25, 0.3) is 0 Å². The molecule has 0 aromatic heterocycles. The van der Waals surface area contributed by atoms with Crippen LogP contribution in [0.5, 0.6) is 0 Å². The average Bonchev–Trinajstić information content (AvgIpc) is 2.70. The lowest BCUT2D eigenvalue weighted by molar-refractivity contribution is -0.175. The van der Waals surface area contributed by atoms with Crippen molar-refractivity contribution in [3.63, 3.8) is 0 Å². The number of ether oxygens (including phenoxy) is 1. The fourth-order valence-corrected chi connectivity index (χ4v) is 2.90. The molecule has 0 spiro atoms. The minimum absolute atomic E-state index is 0.0354. The minimum atomic E-state index is -0.414. The van der Waals surface area contributed by atoms with Gasteiger partial charge in [-0.15, -0.1) is 0 Å². The van der Waals surface area contributed by atoms with Gasteiger partial charge in [0.1, 0.15) is 0 Å². The third-order valence-corrected chi connectivity index (χ3v) is 4.62. The van der Waals surface area contributed by atoms with Crippen molar-refractivity contribution in [1.82, 2.24) is 5.06 Å². The average molecular weight is 355 g/mol. The molecule has 0 fully saturated rings. The van der Waals surface area contributed by atoms with Crippen LogP contribution in [0.2, 0.25) is 0 Å². The van der Waals surface area contributed by atoms with E-state index in [0.717, 1.165) is 22.6 Å². The molecule has 0 aliphatic heterocycles. The number of hydrogen-bond donors (Lipinski definition) is 1. The van der Waals surface area contributed by atoms with Crippen LogP contribution in [-0.4, -0.2) is 29.3 Å². The summed E-state index contributed by atoms with van der Waals surface area (Å²) in [5.74, 6) is -0.754. The normalized spacial score (nSPS) is 12.9. The standard InChI is InChI=1S/C21H25NO4/c1-4-16(18-10-12-19(13-11-18)21(24)26-3)14-20(23)22(25)15(2)17-8-6-5-7-9-17/h5-13,15-16,25H,4,14H2,1-3H3/t15?,16-/m1/s1. The van der Waals surface area contributed by atoms with Crippen LogP contribution in [0.1, 0.15) is 60.1 Å². The van der Waals surface area contributed by atoms with Gasteiger partial charge in [-0.25, -0.2) is 9.86 Å². The number of methoxy groups -OCH3 is 1. The molecule has 0 aliphatic rings. The van der Waals surface area contributed by atoms with Crippen molar-refractivity contribution in [2.24, 2.45) is 0 Å². The second-order valence-electron chi connectivity index (χ2n) is 6.25. The number of esters is 1. The lowest BCUT2D eigenvalue weighted by atomic mass is 9.92. The van der Waals surface area contributed by atoms with Crippen molar-refractivity contribution in [3.05, 3.63) is 71.3 Å². The largest absolute Gasteiger partial charge is 0.465 e. The molecule has 5 nitrogen and oxygen atoms in total. The summed E-state index contributed by atoms with van der Waals surface area (Å²) in [4.78, 5) is 24.0. The Morgan fingerprint density at radius 1 is 1.04 bits per heavy atom. The van der Waals surface area contributed by atoms with Gasteiger partial charge in [-0.05, 0) is 42.5 Å². The molecular formula is C21H25NO4. The van der Waals surface area contributed by atoms with Crippen LogP contribution >= 0.6 is 0 Å². The Morgan fingerprint density at radius 2 is 1.65 bits per heavy atom. The molecule has 138 valence electrons. The van der Waals surface area contributed by atoms with Gasteiger partial charge in [-0.2, -0.15) is 0 Å². The first-order valence-electron chi connectivity index (χ1n) is 8.72. The van der Waals surface area contributed by atoms with Gasteiger partial charge >= 0.3 is 5.97 Å². The fourth-order valence-electron chi connectivity index (χ4n) is 2.90. The third-order valence-electron chi connectivity index (χ3n) is 4.62. The Bertz CT molecular complexity index is 727. The minimum Gasteiger partial charge on any atom is -0.465 e. The Hall–Kier alpha value is -2.66. The predicted octanol–water partition coefficient (Wildman–Crippen LogP) is 4.34. The van der Waals surface area contributed by atoms with Crippen molar-refractivity contribution in [2.75, 3.05) is 7.11 Å². The highest BCUT2D eigenvalue weighted by Crippen LogP contribution is 2.27. The fraction of sp³-hybridized carbons (Fsp3) is 0.333. The highest BCUT2D eigenvalue weighted by Gasteiger charge is 2.23. The molecule has 0 saturated carbocycles. The quantitative estimate of drug-likeness (QED) is 0.456. The Kier molecular flexibility index (Phi) is 6.92. The van der Waals surface area contributed by atoms with Crippen molar-refractivity contribution >= 4 is 11.9 Å². The van der Waals surface area contributed by atoms with Crippen LogP contribution in [0, 0.1) is 0 Å². The second-order valence-corrected chi connectivity index (χ2v) is 6.25. The third kappa shape index (κ3) is 4.70. The maximum absolute atomic E-state index is 12.5. The van der Waals surface area contributed by atoms with E-state index in [1.165, 1.54) is 7.11 Å². The van der Waals surface area contributed by atoms with Gasteiger partial charge in [0.05, 0.1) is 18.7 Å². The SMILES string of the molecule is CC[C@H](CC(=O)N(O)C(C)c1ccccc1)c1ccc(C(=O)OC)cc1. The van der Waals surface area contributed by atoms with E-state index in [-0.39, 0.29) is 24.2 Å². The molecule has 0 saturated heterocycles. The number of benzene rings is 2. The Balaban J connectivity index is 2.06. The first kappa shape index (κ1) is 19.7. The van der Waals surface area contributed by atoms with E-state index in [0.29, 0.717) is 5.56 Å². The Morgan fingerprint density at radius 3 is 2.19 bits per heavy atom. The lowest BCUT2D eigenvalue weighted by Gasteiger charge is -2.25. The van der Waals surface area contributed by atoms with Gasteiger partial charge in [0, 0.05) is 6.42 Å². The number of hydroxylamine groups is 2. The number of hydrogen-bond acceptors (Lipinski definition) is 4. The molecule has 0 bridgehead atoms. The van der Waals surface area contributed by atoms with Crippen molar-refractivity contribution in [2.45, 2.75) is 38.6 Å². The van der Waals surface area contributed by atoms with Crippen LogP contribution in [0.15, 0.2) is 54.6 Å². The molecule has 1 amide bonds. The molecule has 0 aliphatic carbocycles. The summed E-state index contributed by atoms with van der Waals surface area (Å²) < 4.78 is 4.69. The lowest BCUT2D eigenvalue weighted by Crippen LogP contribution is -2.31. The van der Waals surface area contributed by atoms with Crippen LogP contribution in [0.4, 0.5) is 0 Å². The molecule has 1 unspecified atom stereocenters. The Labute approximate surface area is 154 Å². The van der Waals surface area contributed by atoms with Gasteiger partial charge in [0.15, 0.2) is 0 Å². The zero-order valence-electron chi connectivity index (χ0n) is 15.4. The topological polar surface area (TPSA) is 66.8 Å². The van der Waals surface area contributed by atoms with Crippen LogP contribution in [0.3, 0.4) is 0 Å². The van der Waals surface area contributed by atoms with Crippen molar-refractivity contribution in [3.8, 4) is 0 Å². The van der Waals surface area contributed by atoms with Gasteiger partial charge in [-0.3, -0.25) is 10.0 Å². The smallest absolute Gasteiger partial charge is 0.337 e. The van der Waals surface area contributed by atoms with Gasteiger partial charge in [0.2, 0.25) is 5.91 Å². The van der Waals surface area contributed by atoms with Gasteiger partial charge in [-0.1, -0.05) is 49.4 Å². The van der Waals surface area contributed by atoms with E-state index < -0.39 is 6.04 Å². The molecule has 2 aromatic carbocycles. The molecule has 2 rings (SSSR count). The molecular weight excluding hydrogens is 330 g/mol. The van der Waals surface area contributed by atoms with Crippen LogP contribution in [0.25, 0.3) is 0 Å².